The summed E-state index contributed by atoms with van der Waals surface area (Å²) in [6.07, 6.45) is 0. The Kier molecular flexibility index (Phi) is 4.02. The Morgan fingerprint density at radius 1 is 1.05 bits per heavy atom. The molecule has 2 rings (SSSR count). The van der Waals surface area contributed by atoms with Crippen LogP contribution in [-0.2, 0) is 0 Å². The SMILES string of the molecule is COc1cccc(-c2cccc(C(N)=S)c2)c1OC. The third kappa shape index (κ3) is 2.69. The Hall–Kier alpha value is -2.07. The van der Waals surface area contributed by atoms with E-state index in [2.05, 4.69) is 0 Å². The first-order valence-electron chi connectivity index (χ1n) is 5.78. The van der Waals surface area contributed by atoms with E-state index >= 15 is 0 Å². The summed E-state index contributed by atoms with van der Waals surface area (Å²) in [5.74, 6) is 1.39. The first-order valence-corrected chi connectivity index (χ1v) is 6.19. The molecule has 0 aliphatic heterocycles. The van der Waals surface area contributed by atoms with Gasteiger partial charge in [0, 0.05) is 11.1 Å². The van der Waals surface area contributed by atoms with Crippen molar-refractivity contribution in [3.05, 3.63) is 48.0 Å². The Balaban J connectivity index is 2.58. The number of rotatable bonds is 4. The molecule has 4 heteroatoms. The predicted octanol–water partition coefficient (Wildman–Crippen LogP) is 3.01. The molecule has 0 aliphatic carbocycles. The van der Waals surface area contributed by atoms with E-state index in [0.29, 0.717) is 16.5 Å². The van der Waals surface area contributed by atoms with Gasteiger partial charge in [-0.25, -0.2) is 0 Å². The minimum atomic E-state index is 0.378. The van der Waals surface area contributed by atoms with Crippen LogP contribution >= 0.6 is 12.2 Å². The lowest BCUT2D eigenvalue weighted by Gasteiger charge is -2.13. The fraction of sp³-hybridized carbons (Fsp3) is 0.133. The van der Waals surface area contributed by atoms with Gasteiger partial charge >= 0.3 is 0 Å². The summed E-state index contributed by atoms with van der Waals surface area (Å²) in [4.78, 5) is 0.378. The number of para-hydroxylation sites is 1. The number of ether oxygens (including phenoxy) is 2. The van der Waals surface area contributed by atoms with E-state index in [0.717, 1.165) is 16.7 Å². The molecule has 2 aromatic rings. The molecule has 2 N–H and O–H groups in total. The number of thiocarbonyl (C=S) groups is 1. The highest BCUT2D eigenvalue weighted by Gasteiger charge is 2.11. The summed E-state index contributed by atoms with van der Waals surface area (Å²) in [6.45, 7) is 0. The van der Waals surface area contributed by atoms with Gasteiger partial charge in [-0.3, -0.25) is 0 Å². The summed E-state index contributed by atoms with van der Waals surface area (Å²) in [5.41, 5.74) is 8.43. The van der Waals surface area contributed by atoms with Gasteiger partial charge in [0.1, 0.15) is 4.99 Å². The smallest absolute Gasteiger partial charge is 0.168 e. The Labute approximate surface area is 118 Å². The summed E-state index contributed by atoms with van der Waals surface area (Å²) in [7, 11) is 3.24. The van der Waals surface area contributed by atoms with Gasteiger partial charge < -0.3 is 15.2 Å². The van der Waals surface area contributed by atoms with E-state index in [-0.39, 0.29) is 0 Å². The van der Waals surface area contributed by atoms with Gasteiger partial charge in [-0.05, 0) is 17.7 Å². The molecular formula is C15H15NO2S. The highest BCUT2D eigenvalue weighted by molar-refractivity contribution is 7.80. The van der Waals surface area contributed by atoms with Crippen LogP contribution in [0.15, 0.2) is 42.5 Å². The molecule has 98 valence electrons. The molecule has 0 radical (unpaired) electrons. The molecule has 0 heterocycles. The maximum absolute atomic E-state index is 5.66. The van der Waals surface area contributed by atoms with Crippen LogP contribution < -0.4 is 15.2 Å². The summed E-state index contributed by atoms with van der Waals surface area (Å²) < 4.78 is 10.7. The lowest BCUT2D eigenvalue weighted by Crippen LogP contribution is -2.09. The van der Waals surface area contributed by atoms with Gasteiger partial charge in [-0.2, -0.15) is 0 Å². The molecule has 0 saturated heterocycles. The molecule has 0 aliphatic rings. The average Bonchev–Trinajstić information content (AvgIpc) is 2.46. The normalized spacial score (nSPS) is 10.0. The summed E-state index contributed by atoms with van der Waals surface area (Å²) in [5, 5.41) is 0. The minimum absolute atomic E-state index is 0.378. The van der Waals surface area contributed by atoms with Gasteiger partial charge in [-0.15, -0.1) is 0 Å². The van der Waals surface area contributed by atoms with Crippen molar-refractivity contribution >= 4 is 17.2 Å². The molecule has 0 aromatic heterocycles. The molecule has 0 spiro atoms. The topological polar surface area (TPSA) is 44.5 Å². The molecular weight excluding hydrogens is 258 g/mol. The molecule has 2 aromatic carbocycles. The van der Waals surface area contributed by atoms with Crippen LogP contribution in [0.5, 0.6) is 11.5 Å². The van der Waals surface area contributed by atoms with Crippen LogP contribution in [0.1, 0.15) is 5.56 Å². The zero-order chi connectivity index (χ0) is 13.8. The Morgan fingerprint density at radius 2 is 1.79 bits per heavy atom. The summed E-state index contributed by atoms with van der Waals surface area (Å²) in [6, 6.07) is 13.5. The van der Waals surface area contributed by atoms with E-state index in [1.54, 1.807) is 14.2 Å². The predicted molar refractivity (Wildman–Crippen MR) is 80.9 cm³/mol. The third-order valence-electron chi connectivity index (χ3n) is 2.86. The van der Waals surface area contributed by atoms with Gasteiger partial charge in [0.15, 0.2) is 11.5 Å². The van der Waals surface area contributed by atoms with Gasteiger partial charge in [0.2, 0.25) is 0 Å². The van der Waals surface area contributed by atoms with Crippen LogP contribution in [0.25, 0.3) is 11.1 Å². The van der Waals surface area contributed by atoms with Crippen molar-refractivity contribution in [1.29, 1.82) is 0 Å². The van der Waals surface area contributed by atoms with Crippen LogP contribution in [0.3, 0.4) is 0 Å². The molecule has 19 heavy (non-hydrogen) atoms. The lowest BCUT2D eigenvalue weighted by molar-refractivity contribution is 0.356. The third-order valence-corrected chi connectivity index (χ3v) is 3.10. The second kappa shape index (κ2) is 5.71. The van der Waals surface area contributed by atoms with E-state index in [1.807, 2.05) is 42.5 Å². The van der Waals surface area contributed by atoms with Gasteiger partial charge in [-0.1, -0.05) is 42.5 Å². The first-order chi connectivity index (χ1) is 9.17. The fourth-order valence-electron chi connectivity index (χ4n) is 1.95. The van der Waals surface area contributed by atoms with E-state index in [1.165, 1.54) is 0 Å². The van der Waals surface area contributed by atoms with E-state index < -0.39 is 0 Å². The molecule has 0 saturated carbocycles. The summed E-state index contributed by atoms with van der Waals surface area (Å²) >= 11 is 5.00. The minimum Gasteiger partial charge on any atom is -0.493 e. The van der Waals surface area contributed by atoms with Gasteiger partial charge in [0.25, 0.3) is 0 Å². The largest absolute Gasteiger partial charge is 0.493 e. The first kappa shape index (κ1) is 13.4. The lowest BCUT2D eigenvalue weighted by atomic mass is 10.0. The molecule has 0 bridgehead atoms. The maximum atomic E-state index is 5.66. The zero-order valence-corrected chi connectivity index (χ0v) is 11.7. The Bertz CT molecular complexity index is 611. The molecule has 0 fully saturated rings. The standard InChI is InChI=1S/C15H15NO2S/c1-17-13-8-4-7-12(14(13)18-2)10-5-3-6-11(9-10)15(16)19/h3-9H,1-2H3,(H2,16,19). The molecule has 0 amide bonds. The molecule has 0 atom stereocenters. The number of nitrogens with two attached hydrogens (primary N) is 1. The number of hydrogen-bond donors (Lipinski definition) is 1. The van der Waals surface area contributed by atoms with Crippen molar-refractivity contribution in [2.75, 3.05) is 14.2 Å². The highest BCUT2D eigenvalue weighted by atomic mass is 32.1. The van der Waals surface area contributed by atoms with E-state index in [9.17, 15) is 0 Å². The van der Waals surface area contributed by atoms with Crippen molar-refractivity contribution in [2.45, 2.75) is 0 Å². The maximum Gasteiger partial charge on any atom is 0.168 e. The van der Waals surface area contributed by atoms with Gasteiger partial charge in [0.05, 0.1) is 14.2 Å². The van der Waals surface area contributed by atoms with Crippen molar-refractivity contribution in [3.8, 4) is 22.6 Å². The van der Waals surface area contributed by atoms with E-state index in [4.69, 9.17) is 27.4 Å². The Morgan fingerprint density at radius 3 is 2.42 bits per heavy atom. The molecule has 0 unspecified atom stereocenters. The average molecular weight is 273 g/mol. The highest BCUT2D eigenvalue weighted by Crippen LogP contribution is 2.37. The van der Waals surface area contributed by atoms with Crippen molar-refractivity contribution in [1.82, 2.24) is 0 Å². The monoisotopic (exact) mass is 273 g/mol. The van der Waals surface area contributed by atoms with Crippen molar-refractivity contribution < 1.29 is 9.47 Å². The van der Waals surface area contributed by atoms with Crippen LogP contribution in [0.2, 0.25) is 0 Å². The van der Waals surface area contributed by atoms with Crippen LogP contribution in [0.4, 0.5) is 0 Å². The second-order valence-corrected chi connectivity index (χ2v) is 4.43. The van der Waals surface area contributed by atoms with Crippen molar-refractivity contribution in [2.24, 2.45) is 5.73 Å². The number of benzene rings is 2. The number of methoxy groups -OCH3 is 2. The fourth-order valence-corrected chi connectivity index (χ4v) is 2.08. The van der Waals surface area contributed by atoms with Crippen LogP contribution in [0, 0.1) is 0 Å². The quantitative estimate of drug-likeness (QED) is 0.870. The van der Waals surface area contributed by atoms with Crippen molar-refractivity contribution in [3.63, 3.8) is 0 Å². The second-order valence-electron chi connectivity index (χ2n) is 3.99. The zero-order valence-electron chi connectivity index (χ0n) is 10.8. The van der Waals surface area contributed by atoms with Crippen LogP contribution in [-0.4, -0.2) is 19.2 Å². The number of hydrogen-bond acceptors (Lipinski definition) is 3. The molecule has 3 nitrogen and oxygen atoms in total.